The zero-order chi connectivity index (χ0) is 15.0. The van der Waals surface area contributed by atoms with Crippen molar-refractivity contribution in [2.75, 3.05) is 12.3 Å². The summed E-state index contributed by atoms with van der Waals surface area (Å²) < 4.78 is 49.8. The Morgan fingerprint density at radius 2 is 2.20 bits per heavy atom. The van der Waals surface area contributed by atoms with E-state index in [2.05, 4.69) is 4.72 Å². The molecule has 1 aliphatic heterocycles. The van der Waals surface area contributed by atoms with Gasteiger partial charge in [-0.25, -0.2) is 21.6 Å². The fourth-order valence-corrected chi connectivity index (χ4v) is 6.31. The molecule has 0 aliphatic carbocycles. The maximum absolute atomic E-state index is 12.1. The van der Waals surface area contributed by atoms with Crippen LogP contribution in [0.1, 0.15) is 17.7 Å². The molecule has 0 bridgehead atoms. The van der Waals surface area contributed by atoms with Crippen LogP contribution in [-0.2, 0) is 19.9 Å². The summed E-state index contributed by atoms with van der Waals surface area (Å²) in [7, 11) is -6.89. The molecule has 1 unspecified atom stereocenters. The largest absolute Gasteiger partial charge is 0.389 e. The SMILES string of the molecule is NC(=S)c1ccc(S(=O)(=O)NCC2CCCS2(=O)=O)s1. The smallest absolute Gasteiger partial charge is 0.250 e. The molecule has 0 radical (unpaired) electrons. The van der Waals surface area contributed by atoms with E-state index in [9.17, 15) is 16.8 Å². The van der Waals surface area contributed by atoms with Gasteiger partial charge >= 0.3 is 0 Å². The molecule has 0 aromatic carbocycles. The van der Waals surface area contributed by atoms with Crippen molar-refractivity contribution in [3.63, 3.8) is 0 Å². The van der Waals surface area contributed by atoms with Crippen molar-refractivity contribution in [3.05, 3.63) is 17.0 Å². The molecule has 6 nitrogen and oxygen atoms in total. The van der Waals surface area contributed by atoms with Crippen LogP contribution in [0.4, 0.5) is 0 Å². The number of sulfonamides is 1. The minimum absolute atomic E-state index is 0.0793. The topological polar surface area (TPSA) is 106 Å². The lowest BCUT2D eigenvalue weighted by atomic mass is 10.2. The highest BCUT2D eigenvalue weighted by atomic mass is 32.2. The molecule has 20 heavy (non-hydrogen) atoms. The van der Waals surface area contributed by atoms with Crippen molar-refractivity contribution in [2.24, 2.45) is 5.73 Å². The highest BCUT2D eigenvalue weighted by Gasteiger charge is 2.32. The summed E-state index contributed by atoms with van der Waals surface area (Å²) in [5.41, 5.74) is 5.43. The fourth-order valence-electron chi connectivity index (χ4n) is 1.96. The Kier molecular flexibility index (Phi) is 4.50. The van der Waals surface area contributed by atoms with Crippen LogP contribution >= 0.6 is 23.6 Å². The van der Waals surface area contributed by atoms with Gasteiger partial charge in [0, 0.05) is 6.54 Å². The van der Waals surface area contributed by atoms with E-state index in [1.54, 1.807) is 0 Å². The van der Waals surface area contributed by atoms with Crippen LogP contribution in [0.25, 0.3) is 0 Å². The fraction of sp³-hybridized carbons (Fsp3) is 0.500. The van der Waals surface area contributed by atoms with Crippen LogP contribution in [0.2, 0.25) is 0 Å². The Morgan fingerprint density at radius 1 is 1.50 bits per heavy atom. The van der Waals surface area contributed by atoms with Crippen LogP contribution in [0, 0.1) is 0 Å². The highest BCUT2D eigenvalue weighted by molar-refractivity contribution is 7.93. The molecule has 0 amide bonds. The molecule has 1 aliphatic rings. The molecule has 0 spiro atoms. The second-order valence-electron chi connectivity index (χ2n) is 4.47. The molecule has 10 heteroatoms. The summed E-state index contributed by atoms with van der Waals surface area (Å²) in [6.07, 6.45) is 1.08. The van der Waals surface area contributed by atoms with E-state index in [1.807, 2.05) is 0 Å². The van der Waals surface area contributed by atoms with E-state index >= 15 is 0 Å². The number of rotatable bonds is 5. The van der Waals surface area contributed by atoms with Crippen molar-refractivity contribution in [2.45, 2.75) is 22.3 Å². The Labute approximate surface area is 127 Å². The van der Waals surface area contributed by atoms with Crippen molar-refractivity contribution < 1.29 is 16.8 Å². The first kappa shape index (κ1) is 15.8. The zero-order valence-electron chi connectivity index (χ0n) is 10.4. The van der Waals surface area contributed by atoms with Gasteiger partial charge in [-0.15, -0.1) is 11.3 Å². The van der Waals surface area contributed by atoms with Crippen LogP contribution in [-0.4, -0.2) is 39.4 Å². The van der Waals surface area contributed by atoms with Gasteiger partial charge in [0.1, 0.15) is 9.20 Å². The van der Waals surface area contributed by atoms with Crippen LogP contribution in [0.3, 0.4) is 0 Å². The van der Waals surface area contributed by atoms with Crippen LogP contribution < -0.4 is 10.5 Å². The Bertz CT molecular complexity index is 720. The molecule has 1 aromatic heterocycles. The summed E-state index contributed by atoms with van der Waals surface area (Å²) in [6, 6.07) is 2.94. The first-order valence-corrected chi connectivity index (χ1v) is 10.3. The van der Waals surface area contributed by atoms with E-state index in [1.165, 1.54) is 12.1 Å². The second kappa shape index (κ2) is 5.68. The van der Waals surface area contributed by atoms with Gasteiger partial charge in [0.15, 0.2) is 9.84 Å². The van der Waals surface area contributed by atoms with Gasteiger partial charge in [-0.3, -0.25) is 0 Å². The lowest BCUT2D eigenvalue weighted by molar-refractivity contribution is 0.572. The van der Waals surface area contributed by atoms with Crippen LogP contribution in [0.5, 0.6) is 0 Å². The summed E-state index contributed by atoms with van der Waals surface area (Å²) in [5, 5.41) is -0.632. The predicted molar refractivity (Wildman–Crippen MR) is 82.2 cm³/mol. The van der Waals surface area contributed by atoms with Gasteiger partial charge < -0.3 is 5.73 Å². The third kappa shape index (κ3) is 3.37. The van der Waals surface area contributed by atoms with E-state index in [4.69, 9.17) is 18.0 Å². The molecule has 2 rings (SSSR count). The Balaban J connectivity index is 2.09. The second-order valence-corrected chi connectivity index (χ2v) is 10.4. The lowest BCUT2D eigenvalue weighted by Crippen LogP contribution is -2.34. The number of sulfone groups is 1. The van der Waals surface area contributed by atoms with Crippen molar-refractivity contribution >= 4 is 48.4 Å². The van der Waals surface area contributed by atoms with E-state index in [0.717, 1.165) is 11.3 Å². The lowest BCUT2D eigenvalue weighted by Gasteiger charge is -2.10. The van der Waals surface area contributed by atoms with Crippen molar-refractivity contribution in [1.29, 1.82) is 0 Å². The third-order valence-electron chi connectivity index (χ3n) is 3.05. The zero-order valence-corrected chi connectivity index (χ0v) is 13.7. The molecule has 2 heterocycles. The molecule has 3 N–H and O–H groups in total. The average Bonchev–Trinajstić information content (AvgIpc) is 2.93. The van der Waals surface area contributed by atoms with Gasteiger partial charge in [0.25, 0.3) is 0 Å². The Morgan fingerprint density at radius 3 is 2.70 bits per heavy atom. The number of nitrogens with one attached hydrogen (secondary N) is 1. The van der Waals surface area contributed by atoms with Gasteiger partial charge in [-0.2, -0.15) is 0 Å². The van der Waals surface area contributed by atoms with Crippen molar-refractivity contribution in [3.8, 4) is 0 Å². The number of hydrogen-bond donors (Lipinski definition) is 2. The quantitative estimate of drug-likeness (QED) is 0.734. The minimum Gasteiger partial charge on any atom is -0.389 e. The maximum atomic E-state index is 12.1. The number of thiophene rings is 1. The molecular weight excluding hydrogens is 340 g/mol. The predicted octanol–water partition coefficient (Wildman–Crippen LogP) is 0.238. The molecule has 112 valence electrons. The third-order valence-corrected chi connectivity index (χ3v) is 8.71. The molecule has 1 fully saturated rings. The summed E-state index contributed by atoms with van der Waals surface area (Å²) in [5.74, 6) is 0.129. The van der Waals surface area contributed by atoms with Gasteiger partial charge in [-0.05, 0) is 25.0 Å². The summed E-state index contributed by atoms with van der Waals surface area (Å²) in [4.78, 5) is 0.642. The summed E-state index contributed by atoms with van der Waals surface area (Å²) in [6.45, 7) is -0.0923. The van der Waals surface area contributed by atoms with Gasteiger partial charge in [0.05, 0.1) is 15.9 Å². The first-order chi connectivity index (χ1) is 9.22. The molecule has 0 saturated carbocycles. The normalized spacial score (nSPS) is 21.9. The standard InChI is InChI=1S/C10H14N2O4S4/c11-10(17)8-3-4-9(18-8)20(15,16)12-6-7-2-1-5-19(7,13)14/h3-4,7,12H,1-2,5-6H2,(H2,11,17). The number of hydrogen-bond acceptors (Lipinski definition) is 6. The maximum Gasteiger partial charge on any atom is 0.250 e. The molecule has 1 saturated heterocycles. The van der Waals surface area contributed by atoms with Gasteiger partial charge in [0.2, 0.25) is 10.0 Å². The molecule has 1 aromatic rings. The highest BCUT2D eigenvalue weighted by Crippen LogP contribution is 2.23. The van der Waals surface area contributed by atoms with E-state index < -0.39 is 25.1 Å². The van der Waals surface area contributed by atoms with E-state index in [0.29, 0.717) is 17.7 Å². The molecular formula is C10H14N2O4S4. The van der Waals surface area contributed by atoms with E-state index in [-0.39, 0.29) is 21.5 Å². The Hall–Kier alpha value is -0.550. The van der Waals surface area contributed by atoms with Crippen LogP contribution in [0.15, 0.2) is 16.3 Å². The average molecular weight is 355 g/mol. The van der Waals surface area contributed by atoms with Crippen molar-refractivity contribution in [1.82, 2.24) is 4.72 Å². The first-order valence-electron chi connectivity index (χ1n) is 5.83. The number of thiocarbonyl (C=S) groups is 1. The molecule has 1 atom stereocenters. The minimum atomic E-state index is -3.72. The monoisotopic (exact) mass is 354 g/mol. The van der Waals surface area contributed by atoms with Gasteiger partial charge in [-0.1, -0.05) is 12.2 Å². The summed E-state index contributed by atoms with van der Waals surface area (Å²) >= 11 is 5.74. The number of nitrogens with two attached hydrogens (primary N) is 1.